The lowest BCUT2D eigenvalue weighted by Gasteiger charge is -2.30. The lowest BCUT2D eigenvalue weighted by Crippen LogP contribution is -2.37. The molecule has 0 atom stereocenters. The monoisotopic (exact) mass is 454 g/mol. The van der Waals surface area contributed by atoms with E-state index in [0.717, 1.165) is 25.0 Å². The van der Waals surface area contributed by atoms with Gasteiger partial charge < -0.3 is 19.5 Å². The Labute approximate surface area is 192 Å². The summed E-state index contributed by atoms with van der Waals surface area (Å²) in [5, 5.41) is 9.25. The maximum absolute atomic E-state index is 13.8. The van der Waals surface area contributed by atoms with Crippen molar-refractivity contribution in [2.45, 2.75) is 31.8 Å². The lowest BCUT2D eigenvalue weighted by atomic mass is 9.96. The second-order valence-corrected chi connectivity index (χ2v) is 8.57. The Bertz CT molecular complexity index is 1100. The molecule has 4 rings (SSSR count). The predicted molar refractivity (Wildman–Crippen MR) is 122 cm³/mol. The van der Waals surface area contributed by atoms with E-state index in [0.29, 0.717) is 43.7 Å². The van der Waals surface area contributed by atoms with Gasteiger partial charge in [-0.3, -0.25) is 0 Å². The summed E-state index contributed by atoms with van der Waals surface area (Å²) < 4.78 is 29.3. The lowest BCUT2D eigenvalue weighted by molar-refractivity contribution is 0.131. The Hall–Kier alpha value is -3.26. The second kappa shape index (κ2) is 10.1. The fourth-order valence-electron chi connectivity index (χ4n) is 4.31. The molecular weight excluding hydrogens is 426 g/mol. The molecule has 1 saturated heterocycles. The molecule has 2 heterocycles. The highest BCUT2D eigenvalue weighted by Crippen LogP contribution is 2.30. The predicted octanol–water partition coefficient (Wildman–Crippen LogP) is 4.82. The summed E-state index contributed by atoms with van der Waals surface area (Å²) >= 11 is 0. The van der Waals surface area contributed by atoms with Crippen LogP contribution in [-0.2, 0) is 13.1 Å². The van der Waals surface area contributed by atoms with Crippen LogP contribution in [0.1, 0.15) is 30.1 Å². The molecule has 1 aliphatic rings. The van der Waals surface area contributed by atoms with Gasteiger partial charge in [0.15, 0.2) is 11.6 Å². The van der Waals surface area contributed by atoms with Crippen LogP contribution in [0.5, 0.6) is 0 Å². The molecule has 1 aromatic heterocycles. The molecule has 1 fully saturated rings. The van der Waals surface area contributed by atoms with E-state index in [-0.39, 0.29) is 5.92 Å². The number of carbonyl (C=O) groups is 1. The number of carboxylic acid groups (broad SMARTS) is 1. The number of nitrogens with zero attached hydrogens (tertiary/aromatic N) is 4. The van der Waals surface area contributed by atoms with E-state index in [1.807, 2.05) is 24.4 Å². The van der Waals surface area contributed by atoms with Gasteiger partial charge in [0.05, 0.1) is 5.69 Å². The van der Waals surface area contributed by atoms with Crippen LogP contribution in [0, 0.1) is 11.6 Å². The summed E-state index contributed by atoms with van der Waals surface area (Å²) in [4.78, 5) is 19.7. The van der Waals surface area contributed by atoms with Crippen molar-refractivity contribution < 1.29 is 18.7 Å². The van der Waals surface area contributed by atoms with Crippen LogP contribution < -0.4 is 0 Å². The minimum Gasteiger partial charge on any atom is -0.465 e. The van der Waals surface area contributed by atoms with Gasteiger partial charge >= 0.3 is 6.09 Å². The third-order valence-corrected chi connectivity index (χ3v) is 6.17. The van der Waals surface area contributed by atoms with Crippen molar-refractivity contribution in [3.63, 3.8) is 0 Å². The van der Waals surface area contributed by atoms with Crippen molar-refractivity contribution in [2.75, 3.05) is 26.7 Å². The number of likely N-dealkylation sites (N-methyl/N-ethyl adjacent to an activating group) is 1. The van der Waals surface area contributed by atoms with Crippen LogP contribution in [0.2, 0.25) is 0 Å². The maximum atomic E-state index is 13.8. The number of piperidine rings is 1. The molecule has 1 aliphatic heterocycles. The number of aromatic nitrogens is 2. The first-order chi connectivity index (χ1) is 15.9. The molecule has 1 N–H and O–H groups in total. The number of benzene rings is 2. The van der Waals surface area contributed by atoms with Crippen LogP contribution in [0.3, 0.4) is 0 Å². The molecule has 33 heavy (non-hydrogen) atoms. The number of rotatable bonds is 7. The molecule has 3 aromatic rings. The van der Waals surface area contributed by atoms with Crippen molar-refractivity contribution in [3.05, 3.63) is 77.8 Å². The average molecular weight is 455 g/mol. The average Bonchev–Trinajstić information content (AvgIpc) is 3.24. The second-order valence-electron chi connectivity index (χ2n) is 8.57. The van der Waals surface area contributed by atoms with Gasteiger partial charge in [-0.1, -0.05) is 30.3 Å². The zero-order chi connectivity index (χ0) is 23.4. The van der Waals surface area contributed by atoms with E-state index in [9.17, 15) is 18.7 Å². The molecule has 0 spiro atoms. The molecule has 8 heteroatoms. The van der Waals surface area contributed by atoms with E-state index < -0.39 is 17.7 Å². The van der Waals surface area contributed by atoms with E-state index in [1.165, 1.54) is 22.6 Å². The van der Waals surface area contributed by atoms with Gasteiger partial charge in [0.25, 0.3) is 0 Å². The van der Waals surface area contributed by atoms with Gasteiger partial charge in [-0.2, -0.15) is 0 Å². The molecular formula is C25H28F2N4O2. The van der Waals surface area contributed by atoms with Gasteiger partial charge in [-0.25, -0.2) is 18.6 Å². The number of amides is 1. The van der Waals surface area contributed by atoms with Crippen molar-refractivity contribution in [2.24, 2.45) is 0 Å². The summed E-state index contributed by atoms with van der Waals surface area (Å²) in [5.41, 5.74) is 2.35. The van der Waals surface area contributed by atoms with Crippen molar-refractivity contribution in [1.82, 2.24) is 19.4 Å². The standard InChI is InChI=1S/C25H28F2N4O2/c1-29(16-18-5-3-2-4-6-18)13-14-31-17-23(20-7-8-21(26)22(27)15-20)28-24(31)19-9-11-30(12-10-19)25(32)33/h2-8,15,17,19H,9-14,16H2,1H3,(H,32,33). The fraction of sp³-hybridized carbons (Fsp3) is 0.360. The molecule has 0 radical (unpaired) electrons. The van der Waals surface area contributed by atoms with E-state index >= 15 is 0 Å². The minimum absolute atomic E-state index is 0.110. The third-order valence-electron chi connectivity index (χ3n) is 6.17. The first-order valence-electron chi connectivity index (χ1n) is 11.1. The molecule has 0 bridgehead atoms. The highest BCUT2D eigenvalue weighted by Gasteiger charge is 2.27. The highest BCUT2D eigenvalue weighted by atomic mass is 19.2. The molecule has 2 aromatic carbocycles. The Kier molecular flexibility index (Phi) is 7.03. The molecule has 174 valence electrons. The third kappa shape index (κ3) is 5.57. The van der Waals surface area contributed by atoms with E-state index in [1.54, 1.807) is 0 Å². The van der Waals surface area contributed by atoms with Gasteiger partial charge in [0.2, 0.25) is 0 Å². The SMILES string of the molecule is CN(CCn1cc(-c2ccc(F)c(F)c2)nc1C1CCN(C(=O)O)CC1)Cc1ccccc1. The van der Waals surface area contributed by atoms with Crippen molar-refractivity contribution in [1.29, 1.82) is 0 Å². The summed E-state index contributed by atoms with van der Waals surface area (Å²) in [5.74, 6) is -0.810. The highest BCUT2D eigenvalue weighted by molar-refractivity contribution is 5.65. The van der Waals surface area contributed by atoms with Gasteiger partial charge in [-0.15, -0.1) is 0 Å². The van der Waals surface area contributed by atoms with Crippen LogP contribution in [0.4, 0.5) is 13.6 Å². The minimum atomic E-state index is -0.902. The largest absolute Gasteiger partial charge is 0.465 e. The van der Waals surface area contributed by atoms with Gasteiger partial charge in [0, 0.05) is 50.4 Å². The molecule has 0 aliphatic carbocycles. The first kappa shape index (κ1) is 22.9. The molecule has 1 amide bonds. The number of halogens is 2. The Morgan fingerprint density at radius 3 is 2.52 bits per heavy atom. The summed E-state index contributed by atoms with van der Waals surface area (Å²) in [6.07, 6.45) is 2.35. The van der Waals surface area contributed by atoms with Crippen LogP contribution in [-0.4, -0.2) is 57.2 Å². The molecule has 6 nitrogen and oxygen atoms in total. The maximum Gasteiger partial charge on any atom is 0.407 e. The smallest absolute Gasteiger partial charge is 0.407 e. The number of hydrogen-bond acceptors (Lipinski definition) is 3. The normalized spacial score (nSPS) is 14.7. The zero-order valence-corrected chi connectivity index (χ0v) is 18.6. The van der Waals surface area contributed by atoms with E-state index in [4.69, 9.17) is 4.98 Å². The summed E-state index contributed by atoms with van der Waals surface area (Å²) in [7, 11) is 2.06. The number of imidazole rings is 1. The zero-order valence-electron chi connectivity index (χ0n) is 18.6. The van der Waals surface area contributed by atoms with Crippen molar-refractivity contribution >= 4 is 6.09 Å². The van der Waals surface area contributed by atoms with Crippen LogP contribution >= 0.6 is 0 Å². The van der Waals surface area contributed by atoms with Gasteiger partial charge in [-0.05, 0) is 43.7 Å². The number of likely N-dealkylation sites (tertiary alicyclic amines) is 1. The fourth-order valence-corrected chi connectivity index (χ4v) is 4.31. The van der Waals surface area contributed by atoms with Crippen molar-refractivity contribution in [3.8, 4) is 11.3 Å². The molecule has 0 unspecified atom stereocenters. The van der Waals surface area contributed by atoms with Crippen LogP contribution in [0.25, 0.3) is 11.3 Å². The van der Waals surface area contributed by atoms with Crippen LogP contribution in [0.15, 0.2) is 54.7 Å². The Morgan fingerprint density at radius 1 is 1.12 bits per heavy atom. The number of hydrogen-bond donors (Lipinski definition) is 1. The quantitative estimate of drug-likeness (QED) is 0.556. The van der Waals surface area contributed by atoms with Gasteiger partial charge in [0.1, 0.15) is 5.82 Å². The first-order valence-corrected chi connectivity index (χ1v) is 11.1. The van der Waals surface area contributed by atoms with E-state index in [2.05, 4.69) is 28.6 Å². The summed E-state index contributed by atoms with van der Waals surface area (Å²) in [6, 6.07) is 14.0. The summed E-state index contributed by atoms with van der Waals surface area (Å²) in [6.45, 7) is 3.21. The Balaban J connectivity index is 1.53. The Morgan fingerprint density at radius 2 is 1.85 bits per heavy atom. The topological polar surface area (TPSA) is 61.6 Å². The molecule has 0 saturated carbocycles.